The van der Waals surface area contributed by atoms with Gasteiger partial charge < -0.3 is 10.4 Å². The Bertz CT molecular complexity index is 204. The molecule has 4 heteroatoms. The molecule has 0 aromatic carbocycles. The Morgan fingerprint density at radius 3 is 3.15 bits per heavy atom. The number of rotatable bonds is 3. The molecule has 13 heavy (non-hydrogen) atoms. The molecule has 2 N–H and O–H groups in total. The van der Waals surface area contributed by atoms with Gasteiger partial charge in [0.2, 0.25) is 0 Å². The van der Waals surface area contributed by atoms with Crippen LogP contribution in [0.5, 0.6) is 0 Å². The van der Waals surface area contributed by atoms with Crippen molar-refractivity contribution in [3.05, 3.63) is 12.2 Å². The molecular formula is C9H16N2O2. The van der Waals surface area contributed by atoms with E-state index in [9.17, 15) is 4.79 Å². The SMILES string of the molecule is C/C=C/CN1CCNCC1C(=O)O. The first-order chi connectivity index (χ1) is 6.25. The van der Waals surface area contributed by atoms with Crippen LogP contribution in [0.3, 0.4) is 0 Å². The van der Waals surface area contributed by atoms with Crippen LogP contribution in [-0.2, 0) is 4.79 Å². The average molecular weight is 184 g/mol. The summed E-state index contributed by atoms with van der Waals surface area (Å²) in [5.41, 5.74) is 0. The lowest BCUT2D eigenvalue weighted by molar-refractivity contribution is -0.143. The van der Waals surface area contributed by atoms with Gasteiger partial charge in [-0.2, -0.15) is 0 Å². The van der Waals surface area contributed by atoms with Gasteiger partial charge in [0, 0.05) is 26.2 Å². The van der Waals surface area contributed by atoms with E-state index < -0.39 is 5.97 Å². The Kier molecular flexibility index (Phi) is 3.92. The Morgan fingerprint density at radius 1 is 1.77 bits per heavy atom. The van der Waals surface area contributed by atoms with E-state index in [1.165, 1.54) is 0 Å². The third-order valence-electron chi connectivity index (χ3n) is 2.21. The number of carboxylic acids is 1. The number of hydrogen-bond acceptors (Lipinski definition) is 3. The number of piperazine rings is 1. The maximum absolute atomic E-state index is 10.8. The largest absolute Gasteiger partial charge is 0.480 e. The van der Waals surface area contributed by atoms with Crippen LogP contribution >= 0.6 is 0 Å². The molecule has 0 aromatic heterocycles. The molecule has 0 bridgehead atoms. The van der Waals surface area contributed by atoms with Crippen molar-refractivity contribution in [1.29, 1.82) is 0 Å². The summed E-state index contributed by atoms with van der Waals surface area (Å²) in [6.45, 7) is 4.91. The minimum absolute atomic E-state index is 0.370. The Labute approximate surface area is 78.2 Å². The second-order valence-corrected chi connectivity index (χ2v) is 3.12. The fourth-order valence-corrected chi connectivity index (χ4v) is 1.45. The van der Waals surface area contributed by atoms with Crippen LogP contribution < -0.4 is 5.32 Å². The molecule has 1 atom stereocenters. The van der Waals surface area contributed by atoms with Crippen molar-refractivity contribution in [1.82, 2.24) is 10.2 Å². The first kappa shape index (κ1) is 10.2. The zero-order chi connectivity index (χ0) is 9.68. The zero-order valence-corrected chi connectivity index (χ0v) is 7.86. The average Bonchev–Trinajstić information content (AvgIpc) is 2.15. The minimum atomic E-state index is -0.739. The van der Waals surface area contributed by atoms with E-state index in [0.717, 1.165) is 19.6 Å². The van der Waals surface area contributed by atoms with E-state index in [4.69, 9.17) is 5.11 Å². The maximum Gasteiger partial charge on any atom is 0.322 e. The van der Waals surface area contributed by atoms with Crippen molar-refractivity contribution >= 4 is 5.97 Å². The van der Waals surface area contributed by atoms with Gasteiger partial charge in [-0.15, -0.1) is 0 Å². The molecule has 0 saturated carbocycles. The van der Waals surface area contributed by atoms with Gasteiger partial charge in [-0.25, -0.2) is 0 Å². The fourth-order valence-electron chi connectivity index (χ4n) is 1.45. The summed E-state index contributed by atoms with van der Waals surface area (Å²) in [6.07, 6.45) is 3.93. The molecule has 0 spiro atoms. The lowest BCUT2D eigenvalue weighted by atomic mass is 10.2. The van der Waals surface area contributed by atoms with Gasteiger partial charge in [-0.1, -0.05) is 12.2 Å². The van der Waals surface area contributed by atoms with Gasteiger partial charge in [0.15, 0.2) is 0 Å². The second kappa shape index (κ2) is 4.99. The second-order valence-electron chi connectivity index (χ2n) is 3.12. The normalized spacial score (nSPS) is 25.2. The molecule has 1 aliphatic heterocycles. The maximum atomic E-state index is 10.8. The molecule has 0 aliphatic carbocycles. The smallest absolute Gasteiger partial charge is 0.322 e. The summed E-state index contributed by atoms with van der Waals surface area (Å²) in [6, 6.07) is -0.370. The summed E-state index contributed by atoms with van der Waals surface area (Å²) in [4.78, 5) is 12.8. The number of hydrogen-bond donors (Lipinski definition) is 2. The quantitative estimate of drug-likeness (QED) is 0.602. The van der Waals surface area contributed by atoms with Crippen molar-refractivity contribution in [3.8, 4) is 0 Å². The molecule has 1 fully saturated rings. The predicted molar refractivity (Wildman–Crippen MR) is 50.7 cm³/mol. The third kappa shape index (κ3) is 2.82. The fraction of sp³-hybridized carbons (Fsp3) is 0.667. The molecular weight excluding hydrogens is 168 g/mol. The van der Waals surface area contributed by atoms with Crippen LogP contribution in [0.15, 0.2) is 12.2 Å². The molecule has 0 radical (unpaired) electrons. The van der Waals surface area contributed by atoms with Crippen molar-refractivity contribution in [2.24, 2.45) is 0 Å². The number of carbonyl (C=O) groups is 1. The number of nitrogens with one attached hydrogen (secondary N) is 1. The van der Waals surface area contributed by atoms with E-state index in [1.54, 1.807) is 0 Å². The highest BCUT2D eigenvalue weighted by atomic mass is 16.4. The Hall–Kier alpha value is -0.870. The molecule has 0 aromatic rings. The molecule has 0 amide bonds. The van der Waals surface area contributed by atoms with Crippen LogP contribution in [0.1, 0.15) is 6.92 Å². The minimum Gasteiger partial charge on any atom is -0.480 e. The topological polar surface area (TPSA) is 52.6 Å². The zero-order valence-electron chi connectivity index (χ0n) is 7.86. The van der Waals surface area contributed by atoms with Crippen molar-refractivity contribution in [2.75, 3.05) is 26.2 Å². The van der Waals surface area contributed by atoms with Gasteiger partial charge in [-0.05, 0) is 6.92 Å². The number of carboxylic acid groups (broad SMARTS) is 1. The summed E-state index contributed by atoms with van der Waals surface area (Å²) in [5, 5.41) is 12.0. The van der Waals surface area contributed by atoms with E-state index in [1.807, 2.05) is 24.0 Å². The van der Waals surface area contributed by atoms with Crippen LogP contribution in [0.25, 0.3) is 0 Å². The lowest BCUT2D eigenvalue weighted by Gasteiger charge is -2.32. The lowest BCUT2D eigenvalue weighted by Crippen LogP contribution is -2.54. The van der Waals surface area contributed by atoms with Gasteiger partial charge in [0.05, 0.1) is 0 Å². The molecule has 1 unspecified atom stereocenters. The summed E-state index contributed by atoms with van der Waals surface area (Å²) >= 11 is 0. The van der Waals surface area contributed by atoms with E-state index in [-0.39, 0.29) is 6.04 Å². The van der Waals surface area contributed by atoms with Crippen molar-refractivity contribution in [2.45, 2.75) is 13.0 Å². The first-order valence-electron chi connectivity index (χ1n) is 4.54. The monoisotopic (exact) mass is 184 g/mol. The molecule has 74 valence electrons. The van der Waals surface area contributed by atoms with Crippen molar-refractivity contribution in [3.63, 3.8) is 0 Å². The van der Waals surface area contributed by atoms with E-state index in [0.29, 0.717) is 6.54 Å². The number of nitrogens with zero attached hydrogens (tertiary/aromatic N) is 1. The summed E-state index contributed by atoms with van der Waals surface area (Å²) < 4.78 is 0. The Morgan fingerprint density at radius 2 is 2.54 bits per heavy atom. The van der Waals surface area contributed by atoms with Gasteiger partial charge >= 0.3 is 5.97 Å². The highest BCUT2D eigenvalue weighted by Gasteiger charge is 2.26. The van der Waals surface area contributed by atoms with Gasteiger partial charge in [0.25, 0.3) is 0 Å². The summed E-state index contributed by atoms with van der Waals surface area (Å²) in [7, 11) is 0. The highest BCUT2D eigenvalue weighted by Crippen LogP contribution is 2.03. The van der Waals surface area contributed by atoms with Crippen LogP contribution in [0.2, 0.25) is 0 Å². The summed E-state index contributed by atoms with van der Waals surface area (Å²) in [5.74, 6) is -0.739. The molecule has 1 aliphatic rings. The Balaban J connectivity index is 2.51. The number of allylic oxidation sites excluding steroid dienone is 1. The molecule has 4 nitrogen and oxygen atoms in total. The van der Waals surface area contributed by atoms with Crippen LogP contribution in [0.4, 0.5) is 0 Å². The molecule has 1 saturated heterocycles. The first-order valence-corrected chi connectivity index (χ1v) is 4.54. The van der Waals surface area contributed by atoms with E-state index >= 15 is 0 Å². The van der Waals surface area contributed by atoms with E-state index in [2.05, 4.69) is 5.32 Å². The molecule has 1 heterocycles. The van der Waals surface area contributed by atoms with Crippen molar-refractivity contribution < 1.29 is 9.90 Å². The van der Waals surface area contributed by atoms with Gasteiger partial charge in [-0.3, -0.25) is 9.69 Å². The predicted octanol–water partition coefficient (Wildman–Crippen LogP) is -0.0791. The standard InChI is InChI=1S/C9H16N2O2/c1-2-3-5-11-6-4-10-7-8(11)9(12)13/h2-3,8,10H,4-7H2,1H3,(H,12,13)/b3-2+. The van der Waals surface area contributed by atoms with Crippen LogP contribution in [0, 0.1) is 0 Å². The molecule has 1 rings (SSSR count). The number of aliphatic carboxylic acids is 1. The van der Waals surface area contributed by atoms with Crippen LogP contribution in [-0.4, -0.2) is 48.2 Å². The third-order valence-corrected chi connectivity index (χ3v) is 2.21. The van der Waals surface area contributed by atoms with Gasteiger partial charge in [0.1, 0.15) is 6.04 Å². The highest BCUT2D eigenvalue weighted by molar-refractivity contribution is 5.74.